The van der Waals surface area contributed by atoms with Crippen molar-refractivity contribution in [1.29, 1.82) is 0 Å². The molecule has 0 saturated heterocycles. The monoisotopic (exact) mass is 367 g/mol. The van der Waals surface area contributed by atoms with Crippen LogP contribution in [0.15, 0.2) is 43.0 Å². The lowest BCUT2D eigenvalue weighted by Crippen LogP contribution is -2.29. The van der Waals surface area contributed by atoms with E-state index >= 15 is 0 Å². The predicted molar refractivity (Wildman–Crippen MR) is 109 cm³/mol. The first-order valence-corrected chi connectivity index (χ1v) is 8.61. The van der Waals surface area contributed by atoms with E-state index in [1.54, 1.807) is 17.9 Å². The van der Waals surface area contributed by atoms with Gasteiger partial charge in [0.1, 0.15) is 17.1 Å². The molecule has 0 unspecified atom stereocenters. The highest BCUT2D eigenvalue weighted by Gasteiger charge is 2.13. The number of benzene rings is 1. The summed E-state index contributed by atoms with van der Waals surface area (Å²) >= 11 is 5.31. The van der Waals surface area contributed by atoms with Crippen molar-refractivity contribution in [2.45, 2.75) is 13.8 Å². The maximum atomic E-state index is 5.47. The molecule has 0 bridgehead atoms. The van der Waals surface area contributed by atoms with Gasteiger partial charge in [0.15, 0.2) is 10.9 Å². The highest BCUT2D eigenvalue weighted by molar-refractivity contribution is 7.80. The first-order chi connectivity index (χ1) is 12.5. The Morgan fingerprint density at radius 2 is 2.15 bits per heavy atom. The van der Waals surface area contributed by atoms with Gasteiger partial charge in [-0.2, -0.15) is 9.78 Å². The van der Waals surface area contributed by atoms with E-state index in [0.29, 0.717) is 17.5 Å². The molecule has 0 spiro atoms. The number of para-hydroxylation sites is 1. The summed E-state index contributed by atoms with van der Waals surface area (Å²) in [5.74, 6) is 2.17. The number of pyridine rings is 1. The smallest absolute Gasteiger partial charge is 0.172 e. The number of nitrogens with zero attached hydrogens (tertiary/aromatic N) is 3. The number of thiocarbonyl (C=S) groups is 1. The molecule has 3 rings (SSSR count). The van der Waals surface area contributed by atoms with Gasteiger partial charge in [0.2, 0.25) is 0 Å². The lowest BCUT2D eigenvalue weighted by atomic mass is 10.1. The normalized spacial score (nSPS) is 10.6. The van der Waals surface area contributed by atoms with Gasteiger partial charge in [0.25, 0.3) is 0 Å². The van der Waals surface area contributed by atoms with Crippen LogP contribution in [0.4, 0.5) is 5.82 Å². The summed E-state index contributed by atoms with van der Waals surface area (Å²) < 4.78 is 7.22. The minimum atomic E-state index is 0.501. The Labute approximate surface area is 157 Å². The van der Waals surface area contributed by atoms with Crippen LogP contribution >= 0.6 is 12.2 Å². The van der Waals surface area contributed by atoms with E-state index < -0.39 is 0 Å². The van der Waals surface area contributed by atoms with Crippen molar-refractivity contribution < 1.29 is 4.74 Å². The molecule has 2 aromatic heterocycles. The number of hydrogen-bond acceptors (Lipinski definition) is 4. The molecule has 134 valence electrons. The van der Waals surface area contributed by atoms with E-state index in [-0.39, 0.29) is 0 Å². The zero-order valence-electron chi connectivity index (χ0n) is 15.0. The fourth-order valence-electron chi connectivity index (χ4n) is 2.74. The van der Waals surface area contributed by atoms with Crippen LogP contribution in [0.1, 0.15) is 11.3 Å². The zero-order chi connectivity index (χ0) is 18.7. The van der Waals surface area contributed by atoms with Gasteiger partial charge in [0.05, 0.1) is 12.8 Å². The molecule has 3 aromatic rings. The van der Waals surface area contributed by atoms with Crippen LogP contribution in [0.25, 0.3) is 16.7 Å². The van der Waals surface area contributed by atoms with Crippen molar-refractivity contribution in [3.05, 3.63) is 54.2 Å². The second-order valence-electron chi connectivity index (χ2n) is 5.86. The SMILES string of the molecule is C=CCNC(=S)Nc1cc(C)nn1-c1cc(C)c2cccc(OC)c2n1. The number of nitrogens with one attached hydrogen (secondary N) is 2. The third kappa shape index (κ3) is 3.52. The van der Waals surface area contributed by atoms with Crippen molar-refractivity contribution in [2.75, 3.05) is 19.0 Å². The number of hydrogen-bond donors (Lipinski definition) is 2. The first-order valence-electron chi connectivity index (χ1n) is 8.20. The molecule has 6 nitrogen and oxygen atoms in total. The van der Waals surface area contributed by atoms with Crippen LogP contribution in [0, 0.1) is 13.8 Å². The second-order valence-corrected chi connectivity index (χ2v) is 6.27. The topological polar surface area (TPSA) is 64.0 Å². The molecule has 2 N–H and O–H groups in total. The molecule has 0 aliphatic rings. The third-order valence-corrected chi connectivity index (χ3v) is 4.16. The number of methoxy groups -OCH3 is 1. The number of anilines is 1. The molecule has 0 radical (unpaired) electrons. The molecule has 0 aliphatic carbocycles. The van der Waals surface area contributed by atoms with Gasteiger partial charge in [0, 0.05) is 18.0 Å². The Balaban J connectivity index is 2.06. The van der Waals surface area contributed by atoms with E-state index in [1.165, 1.54) is 0 Å². The molecule has 0 aliphatic heterocycles. The summed E-state index contributed by atoms with van der Waals surface area (Å²) in [5, 5.41) is 12.3. The number of fused-ring (bicyclic) bond motifs is 1. The summed E-state index contributed by atoms with van der Waals surface area (Å²) in [6, 6.07) is 9.82. The summed E-state index contributed by atoms with van der Waals surface area (Å²) in [7, 11) is 1.65. The van der Waals surface area contributed by atoms with E-state index in [4.69, 9.17) is 21.9 Å². The van der Waals surface area contributed by atoms with Gasteiger partial charge in [-0.25, -0.2) is 4.98 Å². The number of aromatic nitrogens is 3. The molecule has 0 fully saturated rings. The Hall–Kier alpha value is -2.93. The van der Waals surface area contributed by atoms with Crippen molar-refractivity contribution in [3.63, 3.8) is 0 Å². The van der Waals surface area contributed by atoms with Crippen molar-refractivity contribution in [2.24, 2.45) is 0 Å². The Morgan fingerprint density at radius 3 is 2.88 bits per heavy atom. The highest BCUT2D eigenvalue weighted by atomic mass is 32.1. The second kappa shape index (κ2) is 7.53. The molecule has 26 heavy (non-hydrogen) atoms. The lowest BCUT2D eigenvalue weighted by molar-refractivity contribution is 0.419. The molecule has 0 saturated carbocycles. The maximum absolute atomic E-state index is 5.47. The maximum Gasteiger partial charge on any atom is 0.172 e. The third-order valence-electron chi connectivity index (χ3n) is 3.91. The molecule has 0 amide bonds. The number of rotatable bonds is 5. The average molecular weight is 367 g/mol. The van der Waals surface area contributed by atoms with Gasteiger partial charge in [-0.3, -0.25) is 0 Å². The summed E-state index contributed by atoms with van der Waals surface area (Å²) in [6.45, 7) is 8.24. The van der Waals surface area contributed by atoms with Crippen LogP contribution in [0.2, 0.25) is 0 Å². The van der Waals surface area contributed by atoms with Crippen LogP contribution in [0.3, 0.4) is 0 Å². The van der Waals surface area contributed by atoms with Crippen LogP contribution in [-0.2, 0) is 0 Å². The molecule has 1 aromatic carbocycles. The van der Waals surface area contributed by atoms with Crippen molar-refractivity contribution in [3.8, 4) is 11.6 Å². The Morgan fingerprint density at radius 1 is 1.35 bits per heavy atom. The summed E-state index contributed by atoms with van der Waals surface area (Å²) in [6.07, 6.45) is 1.75. The average Bonchev–Trinajstić information content (AvgIpc) is 2.99. The van der Waals surface area contributed by atoms with Crippen LogP contribution < -0.4 is 15.4 Å². The molecule has 7 heteroatoms. The van der Waals surface area contributed by atoms with Gasteiger partial charge < -0.3 is 15.4 Å². The Kier molecular flexibility index (Phi) is 5.18. The van der Waals surface area contributed by atoms with E-state index in [0.717, 1.165) is 33.7 Å². The first kappa shape index (κ1) is 17.9. The molecule has 0 atom stereocenters. The predicted octanol–water partition coefficient (Wildman–Crippen LogP) is 3.52. The number of ether oxygens (including phenoxy) is 1. The van der Waals surface area contributed by atoms with Gasteiger partial charge >= 0.3 is 0 Å². The lowest BCUT2D eigenvalue weighted by Gasteiger charge is -2.13. The van der Waals surface area contributed by atoms with Crippen LogP contribution in [-0.4, -0.2) is 33.5 Å². The summed E-state index contributed by atoms with van der Waals surface area (Å²) in [4.78, 5) is 4.78. The number of aryl methyl sites for hydroxylation is 2. The molecule has 2 heterocycles. The van der Waals surface area contributed by atoms with Crippen LogP contribution in [0.5, 0.6) is 5.75 Å². The van der Waals surface area contributed by atoms with Gasteiger partial charge in [-0.1, -0.05) is 18.2 Å². The molecular formula is C19H21N5OS. The van der Waals surface area contributed by atoms with Crippen molar-refractivity contribution in [1.82, 2.24) is 20.1 Å². The quantitative estimate of drug-likeness (QED) is 0.531. The standard InChI is InChI=1S/C19H21N5OS/c1-5-9-20-19(26)22-17-11-13(3)23-24(17)16-10-12(2)14-7-6-8-15(25-4)18(14)21-16/h5-8,10-11H,1,9H2,2-4H3,(H2,20,22,26). The molecular weight excluding hydrogens is 346 g/mol. The van der Waals surface area contributed by atoms with Gasteiger partial charge in [-0.05, 0) is 43.8 Å². The van der Waals surface area contributed by atoms with E-state index in [1.807, 2.05) is 44.2 Å². The highest BCUT2D eigenvalue weighted by Crippen LogP contribution is 2.28. The fourth-order valence-corrected chi connectivity index (χ4v) is 2.92. The fraction of sp³-hybridized carbons (Fsp3) is 0.211. The van der Waals surface area contributed by atoms with E-state index in [9.17, 15) is 0 Å². The summed E-state index contributed by atoms with van der Waals surface area (Å²) in [5.41, 5.74) is 2.76. The minimum absolute atomic E-state index is 0.501. The van der Waals surface area contributed by atoms with Gasteiger partial charge in [-0.15, -0.1) is 6.58 Å². The minimum Gasteiger partial charge on any atom is -0.494 e. The van der Waals surface area contributed by atoms with Crippen molar-refractivity contribution >= 4 is 34.1 Å². The largest absolute Gasteiger partial charge is 0.494 e. The zero-order valence-corrected chi connectivity index (χ0v) is 15.9. The Bertz CT molecular complexity index is 979. The van der Waals surface area contributed by atoms with E-state index in [2.05, 4.69) is 22.3 Å².